The smallest absolute Gasteiger partial charge is 0.305 e. The van der Waals surface area contributed by atoms with E-state index in [4.69, 9.17) is 15.2 Å². The topological polar surface area (TPSA) is 123 Å². The van der Waals surface area contributed by atoms with Crippen LogP contribution in [-0.4, -0.2) is 47.0 Å². The van der Waals surface area contributed by atoms with Crippen molar-refractivity contribution in [1.29, 1.82) is 0 Å². The zero-order chi connectivity index (χ0) is 17.7. The molecule has 1 aromatic heterocycles. The summed E-state index contributed by atoms with van der Waals surface area (Å²) in [5.74, 6) is -0.979. The Morgan fingerprint density at radius 1 is 1.38 bits per heavy atom. The van der Waals surface area contributed by atoms with E-state index in [9.17, 15) is 19.8 Å². The van der Waals surface area contributed by atoms with Gasteiger partial charge in [0, 0.05) is 12.5 Å². The lowest BCUT2D eigenvalue weighted by molar-refractivity contribution is -0.765. The summed E-state index contributed by atoms with van der Waals surface area (Å²) in [5, 5.41) is 20.3. The molecule has 0 radical (unpaired) electrons. The molecule has 8 nitrogen and oxygen atoms in total. The zero-order valence-electron chi connectivity index (χ0n) is 13.5. The van der Waals surface area contributed by atoms with Gasteiger partial charge < -0.3 is 25.4 Å². The quantitative estimate of drug-likeness (QED) is 0.451. The first-order chi connectivity index (χ1) is 11.4. The molecule has 1 aromatic rings. The van der Waals surface area contributed by atoms with Gasteiger partial charge in [0.15, 0.2) is 18.5 Å². The number of primary amides is 1. The van der Waals surface area contributed by atoms with Crippen molar-refractivity contribution in [2.75, 3.05) is 6.61 Å². The minimum atomic E-state index is -1.22. The number of rotatable bonds is 7. The molecule has 0 saturated carbocycles. The third kappa shape index (κ3) is 4.28. The lowest BCUT2D eigenvalue weighted by Gasteiger charge is -2.13. The van der Waals surface area contributed by atoms with Gasteiger partial charge in [-0.2, -0.15) is 4.57 Å². The molecule has 1 saturated heterocycles. The number of hydrogen-bond acceptors (Lipinski definition) is 6. The molecule has 2 rings (SSSR count). The van der Waals surface area contributed by atoms with Crippen molar-refractivity contribution >= 4 is 11.9 Å². The van der Waals surface area contributed by atoms with Crippen molar-refractivity contribution in [3.8, 4) is 0 Å². The second-order valence-electron chi connectivity index (χ2n) is 5.74. The van der Waals surface area contributed by atoms with E-state index in [2.05, 4.69) is 0 Å². The van der Waals surface area contributed by atoms with Crippen LogP contribution in [0.2, 0.25) is 0 Å². The van der Waals surface area contributed by atoms with Gasteiger partial charge in [-0.1, -0.05) is 13.3 Å². The molecule has 1 aliphatic rings. The van der Waals surface area contributed by atoms with E-state index in [1.165, 1.54) is 16.8 Å². The molecule has 4 N–H and O–H groups in total. The molecule has 1 fully saturated rings. The predicted octanol–water partition coefficient (Wildman–Crippen LogP) is -0.574. The first-order valence-electron chi connectivity index (χ1n) is 7.92. The van der Waals surface area contributed by atoms with Gasteiger partial charge in [0.2, 0.25) is 0 Å². The molecule has 0 bridgehead atoms. The molecule has 0 spiro atoms. The maximum absolute atomic E-state index is 11.5. The van der Waals surface area contributed by atoms with Crippen LogP contribution in [0.3, 0.4) is 0 Å². The number of aliphatic hydroxyl groups excluding tert-OH is 2. The summed E-state index contributed by atoms with van der Waals surface area (Å²) < 4.78 is 12.1. The monoisotopic (exact) mass is 339 g/mol. The van der Waals surface area contributed by atoms with E-state index in [0.717, 1.165) is 12.8 Å². The second kappa shape index (κ2) is 8.18. The Balaban J connectivity index is 2.00. The summed E-state index contributed by atoms with van der Waals surface area (Å²) in [7, 11) is 0. The van der Waals surface area contributed by atoms with E-state index in [1.54, 1.807) is 12.3 Å². The van der Waals surface area contributed by atoms with Crippen LogP contribution in [0.5, 0.6) is 0 Å². The van der Waals surface area contributed by atoms with Gasteiger partial charge in [0.1, 0.15) is 24.4 Å². The van der Waals surface area contributed by atoms with Crippen LogP contribution in [-0.2, 0) is 14.3 Å². The van der Waals surface area contributed by atoms with Gasteiger partial charge in [0.05, 0.1) is 0 Å². The summed E-state index contributed by atoms with van der Waals surface area (Å²) in [5.41, 5.74) is 5.48. The van der Waals surface area contributed by atoms with Gasteiger partial charge in [-0.15, -0.1) is 0 Å². The molecule has 0 aliphatic carbocycles. The van der Waals surface area contributed by atoms with E-state index >= 15 is 0 Å². The van der Waals surface area contributed by atoms with Crippen molar-refractivity contribution in [2.24, 2.45) is 5.73 Å². The van der Waals surface area contributed by atoms with Crippen LogP contribution in [0, 0.1) is 0 Å². The van der Waals surface area contributed by atoms with E-state index in [0.29, 0.717) is 6.42 Å². The Morgan fingerprint density at radius 3 is 2.79 bits per heavy atom. The van der Waals surface area contributed by atoms with Crippen LogP contribution >= 0.6 is 0 Å². The highest BCUT2D eigenvalue weighted by atomic mass is 16.6. The number of pyridine rings is 1. The fraction of sp³-hybridized carbons (Fsp3) is 0.562. The first-order valence-corrected chi connectivity index (χ1v) is 7.92. The van der Waals surface area contributed by atoms with E-state index in [1.807, 2.05) is 6.92 Å². The molecule has 132 valence electrons. The highest BCUT2D eigenvalue weighted by Crippen LogP contribution is 2.25. The van der Waals surface area contributed by atoms with Crippen molar-refractivity contribution < 1.29 is 33.8 Å². The highest BCUT2D eigenvalue weighted by molar-refractivity contribution is 5.92. The average Bonchev–Trinajstić information content (AvgIpc) is 2.86. The van der Waals surface area contributed by atoms with Gasteiger partial charge in [0.25, 0.3) is 12.1 Å². The SMILES string of the molecule is CCCCC(=O)OC[C@H]1O[C@@H]([n+]2cccc(C(N)=O)c2)[C@H](O)[C@@H]1O. The number of carbonyl (C=O) groups excluding carboxylic acids is 2. The number of ether oxygens (including phenoxy) is 2. The summed E-state index contributed by atoms with van der Waals surface area (Å²) in [6.45, 7) is 1.82. The molecular formula is C16H23N2O6+. The minimum absolute atomic E-state index is 0.145. The van der Waals surface area contributed by atoms with Crippen LogP contribution in [0.15, 0.2) is 24.5 Å². The number of aromatic nitrogens is 1. The summed E-state index contributed by atoms with van der Waals surface area (Å²) >= 11 is 0. The summed E-state index contributed by atoms with van der Waals surface area (Å²) in [4.78, 5) is 22.8. The number of nitrogens with zero attached hydrogens (tertiary/aromatic N) is 1. The van der Waals surface area contributed by atoms with Crippen LogP contribution in [0.1, 0.15) is 42.8 Å². The van der Waals surface area contributed by atoms with Crippen molar-refractivity contribution in [1.82, 2.24) is 0 Å². The first kappa shape index (κ1) is 18.3. The molecule has 24 heavy (non-hydrogen) atoms. The van der Waals surface area contributed by atoms with Gasteiger partial charge in [-0.25, -0.2) is 0 Å². The third-order valence-corrected chi connectivity index (χ3v) is 3.88. The van der Waals surface area contributed by atoms with Crippen molar-refractivity contribution in [3.63, 3.8) is 0 Å². The maximum atomic E-state index is 11.5. The summed E-state index contributed by atoms with van der Waals surface area (Å²) in [6, 6.07) is 3.12. The number of carbonyl (C=O) groups is 2. The fourth-order valence-corrected chi connectivity index (χ4v) is 2.48. The molecule has 4 atom stereocenters. The standard InChI is InChI=1S/C16H22N2O6/c1-2-3-6-12(19)23-9-11-13(20)14(21)16(24-11)18-7-4-5-10(8-18)15(17)22/h4-5,7-8,11,13-14,16,20-21H,2-3,6,9H2,1H3,(H-,17,22)/p+1/t11-,13-,14-,16-/m1/s1. The van der Waals surface area contributed by atoms with E-state index in [-0.39, 0.29) is 18.1 Å². The molecule has 8 heteroatoms. The molecular weight excluding hydrogens is 316 g/mol. The van der Waals surface area contributed by atoms with Crippen LogP contribution in [0.4, 0.5) is 0 Å². The Hall–Kier alpha value is -2.03. The predicted molar refractivity (Wildman–Crippen MR) is 81.6 cm³/mol. The number of esters is 1. The lowest BCUT2D eigenvalue weighted by Crippen LogP contribution is -2.46. The van der Waals surface area contributed by atoms with Crippen molar-refractivity contribution in [3.05, 3.63) is 30.1 Å². The molecule has 0 unspecified atom stereocenters. The molecule has 1 aliphatic heterocycles. The van der Waals surface area contributed by atoms with Gasteiger partial charge >= 0.3 is 5.97 Å². The molecule has 2 heterocycles. The zero-order valence-corrected chi connectivity index (χ0v) is 13.5. The number of nitrogens with two attached hydrogens (primary N) is 1. The van der Waals surface area contributed by atoms with E-state index < -0.39 is 30.4 Å². The Bertz CT molecular complexity index is 594. The third-order valence-electron chi connectivity index (χ3n) is 3.88. The van der Waals surface area contributed by atoms with Gasteiger partial charge in [-0.3, -0.25) is 9.59 Å². The summed E-state index contributed by atoms with van der Waals surface area (Å²) in [6.07, 6.45) is 0.747. The minimum Gasteiger partial charge on any atom is -0.463 e. The molecule has 1 amide bonds. The Labute approximate surface area is 139 Å². The molecule has 0 aromatic carbocycles. The average molecular weight is 339 g/mol. The van der Waals surface area contributed by atoms with Gasteiger partial charge in [-0.05, 0) is 12.5 Å². The number of amides is 1. The maximum Gasteiger partial charge on any atom is 0.305 e. The normalized spacial score (nSPS) is 26.3. The largest absolute Gasteiger partial charge is 0.463 e. The Kier molecular flexibility index (Phi) is 6.24. The van der Waals surface area contributed by atoms with Crippen LogP contribution in [0.25, 0.3) is 0 Å². The second-order valence-corrected chi connectivity index (χ2v) is 5.74. The lowest BCUT2D eigenvalue weighted by atomic mass is 10.1. The van der Waals surface area contributed by atoms with Crippen molar-refractivity contribution in [2.45, 2.75) is 50.7 Å². The number of unbranched alkanes of at least 4 members (excludes halogenated alkanes) is 1. The Morgan fingerprint density at radius 2 is 2.12 bits per heavy atom. The fourth-order valence-electron chi connectivity index (χ4n) is 2.48. The number of aliphatic hydroxyl groups is 2. The number of hydrogen-bond donors (Lipinski definition) is 3. The van der Waals surface area contributed by atoms with Crippen LogP contribution < -0.4 is 10.3 Å². The highest BCUT2D eigenvalue weighted by Gasteiger charge is 2.48.